The van der Waals surface area contributed by atoms with Gasteiger partial charge in [0, 0.05) is 23.2 Å². The molecule has 0 atom stereocenters. The number of hydrogen-bond donors (Lipinski definition) is 1. The van der Waals surface area contributed by atoms with E-state index in [1.54, 1.807) is 16.7 Å². The van der Waals surface area contributed by atoms with Crippen LogP contribution in [0.1, 0.15) is 66.1 Å². The molecule has 7 rings (SSSR count). The second-order valence-corrected chi connectivity index (χ2v) is 11.7. The zero-order valence-electron chi connectivity index (χ0n) is 25.4. The van der Waals surface area contributed by atoms with Crippen molar-refractivity contribution in [2.45, 2.75) is 57.9 Å². The van der Waals surface area contributed by atoms with Crippen molar-refractivity contribution in [3.63, 3.8) is 0 Å². The molecular formula is C35H31FN6O4. The van der Waals surface area contributed by atoms with Gasteiger partial charge in [0.1, 0.15) is 11.6 Å². The summed E-state index contributed by atoms with van der Waals surface area (Å²) in [6.07, 6.45) is 3.35. The third-order valence-electron chi connectivity index (χ3n) is 8.62. The topological polar surface area (TPSA) is 133 Å². The second-order valence-electron chi connectivity index (χ2n) is 11.7. The summed E-state index contributed by atoms with van der Waals surface area (Å²) < 4.78 is 25.6. The Hall–Kier alpha value is -5.45. The van der Waals surface area contributed by atoms with Crippen LogP contribution in [-0.4, -0.2) is 29.8 Å². The van der Waals surface area contributed by atoms with Gasteiger partial charge in [-0.1, -0.05) is 77.9 Å². The van der Waals surface area contributed by atoms with E-state index in [9.17, 15) is 14.0 Å². The normalized spacial score (nSPS) is 13.6. The van der Waals surface area contributed by atoms with Crippen LogP contribution < -0.4 is 11.3 Å². The second kappa shape index (κ2) is 11.8. The molecule has 1 aliphatic carbocycles. The van der Waals surface area contributed by atoms with Gasteiger partial charge in [0.25, 0.3) is 5.56 Å². The van der Waals surface area contributed by atoms with Crippen molar-refractivity contribution in [1.29, 1.82) is 0 Å². The Kier molecular flexibility index (Phi) is 7.51. The average molecular weight is 619 g/mol. The summed E-state index contributed by atoms with van der Waals surface area (Å²) in [4.78, 5) is 37.7. The van der Waals surface area contributed by atoms with Crippen LogP contribution in [0.3, 0.4) is 0 Å². The molecule has 6 aromatic rings. The third kappa shape index (κ3) is 5.48. The number of aromatic amines is 1. The van der Waals surface area contributed by atoms with Gasteiger partial charge in [0.15, 0.2) is 11.6 Å². The van der Waals surface area contributed by atoms with Crippen LogP contribution in [0.15, 0.2) is 91.4 Å². The predicted molar refractivity (Wildman–Crippen MR) is 168 cm³/mol. The molecule has 1 fully saturated rings. The van der Waals surface area contributed by atoms with E-state index in [0.717, 1.165) is 52.9 Å². The highest BCUT2D eigenvalue weighted by Gasteiger charge is 2.50. The van der Waals surface area contributed by atoms with Crippen molar-refractivity contribution in [1.82, 2.24) is 29.8 Å². The first-order valence-corrected chi connectivity index (χ1v) is 15.3. The van der Waals surface area contributed by atoms with E-state index in [0.29, 0.717) is 41.8 Å². The fraction of sp³-hybridized carbons (Fsp3) is 0.257. The number of hydrogen-bond acceptors (Lipinski definition) is 8. The quantitative estimate of drug-likeness (QED) is 0.205. The molecule has 0 saturated heterocycles. The van der Waals surface area contributed by atoms with E-state index >= 15 is 0 Å². The van der Waals surface area contributed by atoms with E-state index in [4.69, 9.17) is 14.0 Å². The standard InChI is InChI=1S/C35H31FN6O4/c1-3-6-29-37-21(2)28(19-30-38-33(41-45-30)35(17-18-35)24-13-15-25(36)16-14-24)32(43)42(29)20-22-9-11-23(12-10-22)26-7-4-5-8-27(26)31-39-34(44)46-40-31/h4-5,7-16H,3,6,17-20H2,1-2H3,(H,39,40,44). The Bertz CT molecular complexity index is 2140. The lowest BCUT2D eigenvalue weighted by molar-refractivity contribution is 0.375. The lowest BCUT2D eigenvalue weighted by Crippen LogP contribution is -2.30. The van der Waals surface area contributed by atoms with Crippen molar-refractivity contribution in [2.75, 3.05) is 0 Å². The molecule has 11 heteroatoms. The van der Waals surface area contributed by atoms with Crippen LogP contribution in [0.4, 0.5) is 4.39 Å². The molecule has 1 saturated carbocycles. The minimum absolute atomic E-state index is 0.139. The molecule has 3 aromatic heterocycles. The fourth-order valence-corrected chi connectivity index (χ4v) is 6.00. The molecule has 46 heavy (non-hydrogen) atoms. The van der Waals surface area contributed by atoms with Gasteiger partial charge in [-0.25, -0.2) is 14.2 Å². The van der Waals surface area contributed by atoms with E-state index in [1.165, 1.54) is 12.1 Å². The molecule has 0 aliphatic heterocycles. The van der Waals surface area contributed by atoms with Crippen molar-refractivity contribution in [3.8, 4) is 22.5 Å². The molecule has 10 nitrogen and oxygen atoms in total. The number of aromatic nitrogens is 6. The first kappa shape index (κ1) is 29.3. The van der Waals surface area contributed by atoms with E-state index in [2.05, 4.69) is 27.2 Å². The first-order chi connectivity index (χ1) is 22.3. The summed E-state index contributed by atoms with van der Waals surface area (Å²) in [5, 5.41) is 8.11. The van der Waals surface area contributed by atoms with Gasteiger partial charge >= 0.3 is 5.76 Å². The van der Waals surface area contributed by atoms with E-state index in [-0.39, 0.29) is 23.2 Å². The molecule has 3 aromatic carbocycles. The maximum Gasteiger partial charge on any atom is 0.439 e. The number of benzene rings is 3. The number of nitrogens with zero attached hydrogens (tertiary/aromatic N) is 5. The molecule has 0 amide bonds. The van der Waals surface area contributed by atoms with Crippen molar-refractivity contribution < 1.29 is 13.4 Å². The highest BCUT2D eigenvalue weighted by atomic mass is 19.1. The zero-order chi connectivity index (χ0) is 31.8. The van der Waals surface area contributed by atoms with Crippen LogP contribution in [0.25, 0.3) is 22.5 Å². The molecule has 1 aliphatic rings. The van der Waals surface area contributed by atoms with Crippen LogP contribution in [0, 0.1) is 12.7 Å². The number of rotatable bonds is 10. The Balaban J connectivity index is 1.16. The van der Waals surface area contributed by atoms with Gasteiger partial charge in [-0.2, -0.15) is 4.98 Å². The Labute approximate surface area is 263 Å². The van der Waals surface area contributed by atoms with Crippen LogP contribution in [-0.2, 0) is 24.8 Å². The summed E-state index contributed by atoms with van der Waals surface area (Å²) in [7, 11) is 0. The molecular weight excluding hydrogens is 587 g/mol. The van der Waals surface area contributed by atoms with Gasteiger partial charge in [0.05, 0.1) is 18.4 Å². The minimum Gasteiger partial charge on any atom is -0.339 e. The Morgan fingerprint density at radius 1 is 0.913 bits per heavy atom. The molecule has 0 radical (unpaired) electrons. The van der Waals surface area contributed by atoms with Gasteiger partial charge in [-0.15, -0.1) is 0 Å². The first-order valence-electron chi connectivity index (χ1n) is 15.3. The highest BCUT2D eigenvalue weighted by molar-refractivity contribution is 5.80. The summed E-state index contributed by atoms with van der Waals surface area (Å²) >= 11 is 0. The van der Waals surface area contributed by atoms with Crippen molar-refractivity contribution >= 4 is 0 Å². The largest absolute Gasteiger partial charge is 0.439 e. The Morgan fingerprint density at radius 3 is 2.33 bits per heavy atom. The average Bonchev–Trinajstić information content (AvgIpc) is 3.52. The fourth-order valence-electron chi connectivity index (χ4n) is 6.00. The van der Waals surface area contributed by atoms with E-state index < -0.39 is 5.76 Å². The zero-order valence-corrected chi connectivity index (χ0v) is 25.4. The number of aryl methyl sites for hydroxylation is 2. The smallest absolute Gasteiger partial charge is 0.339 e. The number of H-pyrrole nitrogens is 1. The molecule has 0 spiro atoms. The van der Waals surface area contributed by atoms with Crippen molar-refractivity contribution in [2.24, 2.45) is 0 Å². The lowest BCUT2D eigenvalue weighted by Gasteiger charge is -2.16. The van der Waals surface area contributed by atoms with Crippen LogP contribution in [0.2, 0.25) is 0 Å². The maximum absolute atomic E-state index is 14.0. The van der Waals surface area contributed by atoms with Gasteiger partial charge < -0.3 is 4.52 Å². The van der Waals surface area contributed by atoms with Crippen LogP contribution in [0.5, 0.6) is 0 Å². The van der Waals surface area contributed by atoms with Crippen LogP contribution >= 0.6 is 0 Å². The molecule has 232 valence electrons. The van der Waals surface area contributed by atoms with Crippen molar-refractivity contribution in [3.05, 3.63) is 139 Å². The third-order valence-corrected chi connectivity index (χ3v) is 8.62. The van der Waals surface area contributed by atoms with Gasteiger partial charge in [0.2, 0.25) is 5.89 Å². The number of halogens is 1. The summed E-state index contributed by atoms with van der Waals surface area (Å²) in [6, 6.07) is 21.9. The monoisotopic (exact) mass is 618 g/mol. The molecule has 3 heterocycles. The summed E-state index contributed by atoms with van der Waals surface area (Å²) in [5.74, 6) is 1.07. The predicted octanol–water partition coefficient (Wildman–Crippen LogP) is 5.76. The number of nitrogens with one attached hydrogen (secondary N) is 1. The SMILES string of the molecule is CCCc1nc(C)c(Cc2nc(C3(c4ccc(F)cc4)CC3)no2)c(=O)n1Cc1ccc(-c2ccccc2-c2noc(=O)[nH]2)cc1. The molecule has 0 bridgehead atoms. The summed E-state index contributed by atoms with van der Waals surface area (Å²) in [6.45, 7) is 4.24. The summed E-state index contributed by atoms with van der Waals surface area (Å²) in [5.41, 5.74) is 5.06. The van der Waals surface area contributed by atoms with E-state index in [1.807, 2.05) is 55.5 Å². The lowest BCUT2D eigenvalue weighted by atomic mass is 9.95. The van der Waals surface area contributed by atoms with Gasteiger partial charge in [-0.3, -0.25) is 18.9 Å². The Morgan fingerprint density at radius 2 is 1.65 bits per heavy atom. The minimum atomic E-state index is -0.615. The molecule has 0 unspecified atom stereocenters. The maximum atomic E-state index is 14.0. The van der Waals surface area contributed by atoms with Gasteiger partial charge in [-0.05, 0) is 60.6 Å². The molecule has 1 N–H and O–H groups in total. The highest BCUT2D eigenvalue weighted by Crippen LogP contribution is 2.52.